The van der Waals surface area contributed by atoms with E-state index in [0.717, 1.165) is 36.4 Å². The van der Waals surface area contributed by atoms with Crippen LogP contribution in [0, 0.1) is 0 Å². The van der Waals surface area contributed by atoms with Crippen molar-refractivity contribution >= 4 is 89.9 Å². The van der Waals surface area contributed by atoms with Gasteiger partial charge >= 0.3 is 65.1 Å². The number of phenolic OH excluding ortho intramolecular Hbond substituents is 2. The van der Waals surface area contributed by atoms with Crippen molar-refractivity contribution in [3.05, 3.63) is 76.5 Å². The zero-order chi connectivity index (χ0) is 27.0. The van der Waals surface area contributed by atoms with Gasteiger partial charge in [-0.25, -0.2) is 21.6 Å². The first-order valence-electron chi connectivity index (χ1n) is 9.20. The van der Waals surface area contributed by atoms with Gasteiger partial charge in [0.1, 0.15) is 31.7 Å². The molecule has 0 saturated carbocycles. The number of hydrogen-bond acceptors (Lipinski definition) is 10. The molecule has 0 amide bonds. The van der Waals surface area contributed by atoms with Crippen LogP contribution in [0.15, 0.2) is 64.1 Å². The monoisotopic (exact) mass is 852 g/mol. The summed E-state index contributed by atoms with van der Waals surface area (Å²) in [6.07, 6.45) is 0. The van der Waals surface area contributed by atoms with E-state index in [0.29, 0.717) is 8.95 Å². The van der Waals surface area contributed by atoms with E-state index in [9.17, 15) is 40.9 Å². The predicted octanol–water partition coefficient (Wildman–Crippen LogP) is -2.40. The average Bonchev–Trinajstić information content (AvgIpc) is 3.09. The molecule has 1 aliphatic heterocycles. The van der Waals surface area contributed by atoms with Gasteiger partial charge in [0.2, 0.25) is 0 Å². The zero-order valence-corrected chi connectivity index (χ0v) is 31.4. The predicted molar refractivity (Wildman–Crippen MR) is 138 cm³/mol. The number of benzene rings is 3. The maximum Gasteiger partial charge on any atom is 1.00 e. The van der Waals surface area contributed by atoms with E-state index in [2.05, 4.69) is 63.7 Å². The van der Waals surface area contributed by atoms with Crippen LogP contribution in [-0.2, 0) is 30.6 Å². The van der Waals surface area contributed by atoms with Gasteiger partial charge in [0, 0.05) is 34.6 Å². The van der Waals surface area contributed by atoms with Crippen molar-refractivity contribution in [2.75, 3.05) is 0 Å². The van der Waals surface area contributed by atoms with E-state index in [1.54, 1.807) is 0 Å². The van der Waals surface area contributed by atoms with E-state index in [4.69, 9.17) is 4.74 Å². The van der Waals surface area contributed by atoms with Crippen LogP contribution in [0.5, 0.6) is 11.5 Å². The van der Waals surface area contributed by atoms with Crippen LogP contribution in [0.4, 0.5) is 0 Å². The second-order valence-corrected chi connectivity index (χ2v) is 13.2. The molecule has 0 atom stereocenters. The van der Waals surface area contributed by atoms with Gasteiger partial charge in [-0.05, 0) is 88.0 Å². The van der Waals surface area contributed by atoms with Crippen LogP contribution >= 0.6 is 63.7 Å². The fraction of sp³-hybridized carbons (Fsp3) is 0.0500. The third-order valence-corrected chi connectivity index (χ3v) is 11.8. The molecule has 0 aliphatic carbocycles. The molecule has 0 aromatic heterocycles. The van der Waals surface area contributed by atoms with E-state index in [1.165, 1.54) is 0 Å². The van der Waals surface area contributed by atoms with Gasteiger partial charge in [-0.15, -0.1) is 0 Å². The normalized spacial score (nSPS) is 13.8. The van der Waals surface area contributed by atoms with Crippen molar-refractivity contribution in [1.29, 1.82) is 0 Å². The molecule has 39 heavy (non-hydrogen) atoms. The molecule has 0 fully saturated rings. The summed E-state index contributed by atoms with van der Waals surface area (Å²) in [5.74, 6) is -2.69. The summed E-state index contributed by atoms with van der Waals surface area (Å²) in [7, 11) is -10.4. The molecule has 19 heteroatoms. The topological polar surface area (TPSA) is 213 Å². The molecule has 198 valence electrons. The Hall–Kier alpha value is 0.430. The zero-order valence-electron chi connectivity index (χ0n) is 19.5. The Morgan fingerprint density at radius 2 is 1.10 bits per heavy atom. The Balaban J connectivity index is 0.00000253. The SMILES string of the molecule is O.O=C1OC(c2ccc(O)c(S(=O)(=O)[O-])c2)(c2ccc(O)c(S(=O)(=O)[O-])c2)c2c(Br)c(Br)c(Br)c(Br)c21.[Na+].[Na+]. The van der Waals surface area contributed by atoms with Crippen molar-refractivity contribution in [3.63, 3.8) is 0 Å². The molecule has 4 N–H and O–H groups in total. The van der Waals surface area contributed by atoms with Crippen LogP contribution in [0.3, 0.4) is 0 Å². The molecule has 0 bridgehead atoms. The Morgan fingerprint density at radius 1 is 0.718 bits per heavy atom. The number of cyclic esters (lactones) is 1. The fourth-order valence-electron chi connectivity index (χ4n) is 3.83. The van der Waals surface area contributed by atoms with Crippen molar-refractivity contribution in [2.24, 2.45) is 0 Å². The van der Waals surface area contributed by atoms with E-state index in [1.807, 2.05) is 0 Å². The van der Waals surface area contributed by atoms with E-state index in [-0.39, 0.29) is 95.8 Å². The molecule has 4 rings (SSSR count). The molecular formula is C20H10Br4Na2O11S2. The quantitative estimate of drug-likeness (QED) is 0.0934. The maximum atomic E-state index is 13.2. The molecule has 1 heterocycles. The smallest absolute Gasteiger partial charge is 0.744 e. The van der Waals surface area contributed by atoms with Gasteiger partial charge < -0.3 is 29.5 Å². The minimum absolute atomic E-state index is 0. The Bertz CT molecular complexity index is 1630. The summed E-state index contributed by atoms with van der Waals surface area (Å²) in [6, 6.07) is 5.62. The average molecular weight is 856 g/mol. The van der Waals surface area contributed by atoms with Crippen LogP contribution in [0.1, 0.15) is 27.0 Å². The number of esters is 1. The number of phenols is 2. The molecule has 0 radical (unpaired) electrons. The summed E-state index contributed by atoms with van der Waals surface area (Å²) in [5, 5.41) is 20.0. The summed E-state index contributed by atoms with van der Waals surface area (Å²) in [5.41, 5.74) is -2.56. The fourth-order valence-corrected chi connectivity index (χ4v) is 7.59. The van der Waals surface area contributed by atoms with Gasteiger partial charge in [-0.2, -0.15) is 0 Å². The third-order valence-electron chi connectivity index (χ3n) is 5.34. The minimum atomic E-state index is -5.22. The summed E-state index contributed by atoms with van der Waals surface area (Å²) in [6.45, 7) is 0. The second kappa shape index (κ2) is 13.0. The van der Waals surface area contributed by atoms with E-state index >= 15 is 0 Å². The number of hydrogen-bond donors (Lipinski definition) is 2. The summed E-state index contributed by atoms with van der Waals surface area (Å²) in [4.78, 5) is 11.1. The van der Waals surface area contributed by atoms with E-state index < -0.39 is 53.1 Å². The first-order chi connectivity index (χ1) is 16.5. The van der Waals surface area contributed by atoms with Crippen LogP contribution in [-0.4, -0.2) is 47.6 Å². The van der Waals surface area contributed by atoms with Gasteiger partial charge in [0.05, 0.1) is 15.4 Å². The van der Waals surface area contributed by atoms with Crippen LogP contribution in [0.2, 0.25) is 0 Å². The number of ether oxygens (including phenoxy) is 1. The summed E-state index contributed by atoms with van der Waals surface area (Å²) < 4.78 is 77.8. The second-order valence-electron chi connectivity index (χ2n) is 7.35. The largest absolute Gasteiger partial charge is 1.00 e. The minimum Gasteiger partial charge on any atom is -0.744 e. The first kappa shape index (κ1) is 37.5. The maximum absolute atomic E-state index is 13.2. The van der Waals surface area contributed by atoms with Gasteiger partial charge in [0.15, 0.2) is 5.60 Å². The Labute approximate surface area is 299 Å². The van der Waals surface area contributed by atoms with Gasteiger partial charge in [0.25, 0.3) is 0 Å². The van der Waals surface area contributed by atoms with Crippen molar-refractivity contribution in [1.82, 2.24) is 0 Å². The summed E-state index contributed by atoms with van der Waals surface area (Å²) >= 11 is 13.3. The number of fused-ring (bicyclic) bond motifs is 1. The number of carbonyl (C=O) groups excluding carboxylic acids is 1. The van der Waals surface area contributed by atoms with Crippen LogP contribution < -0.4 is 59.1 Å². The first-order valence-corrected chi connectivity index (χ1v) is 15.2. The molecule has 3 aromatic carbocycles. The standard InChI is InChI=1S/C20H10Br4O10S2.2Na.H2O/c21-15-13-14(16(22)18(24)17(15)23)20(34-19(13)27,7-1-3-9(25)11(5-7)35(28,29)30)8-2-4-10(26)12(6-8)36(31,32)33;;;/h1-6,25-26H,(H,28,29,30)(H,31,32,33);;;1H2/q;2*+1;/p-2. The number of carbonyl (C=O) groups is 1. The molecule has 3 aromatic rings. The Kier molecular flexibility index (Phi) is 12.5. The molecule has 1 aliphatic rings. The third kappa shape index (κ3) is 6.38. The van der Waals surface area contributed by atoms with Gasteiger partial charge in [-0.3, -0.25) is 0 Å². The molecular weight excluding hydrogens is 846 g/mol. The molecule has 0 saturated heterocycles. The molecule has 0 unspecified atom stereocenters. The van der Waals surface area contributed by atoms with Crippen molar-refractivity contribution in [3.8, 4) is 11.5 Å². The Morgan fingerprint density at radius 3 is 1.49 bits per heavy atom. The number of rotatable bonds is 4. The van der Waals surface area contributed by atoms with Gasteiger partial charge in [-0.1, -0.05) is 12.1 Å². The molecule has 0 spiro atoms. The van der Waals surface area contributed by atoms with Crippen molar-refractivity contribution in [2.45, 2.75) is 15.4 Å². The number of aromatic hydroxyl groups is 2. The van der Waals surface area contributed by atoms with Crippen LogP contribution in [0.25, 0.3) is 0 Å². The van der Waals surface area contributed by atoms with Crippen molar-refractivity contribution < 1.29 is 110 Å². The number of halogens is 4. The molecule has 11 nitrogen and oxygen atoms in total.